The number of hydrogen-bond acceptors (Lipinski definition) is 2. The van der Waals surface area contributed by atoms with Crippen molar-refractivity contribution >= 4 is 12.2 Å². The molecular formula is C5H5F4N3OS. The van der Waals surface area contributed by atoms with E-state index in [1.54, 1.807) is 0 Å². The van der Waals surface area contributed by atoms with Crippen LogP contribution in [0.1, 0.15) is 0 Å². The number of rotatable bonds is 3. The third kappa shape index (κ3) is 2.03. The third-order valence-corrected chi connectivity index (χ3v) is 1.78. The fraction of sp³-hybridized carbons (Fsp3) is 0.600. The Bertz CT molecular complexity index is 392. The second-order valence-corrected chi connectivity index (χ2v) is 2.89. The molecule has 14 heavy (non-hydrogen) atoms. The van der Waals surface area contributed by atoms with E-state index >= 15 is 0 Å². The monoisotopic (exact) mass is 231 g/mol. The van der Waals surface area contributed by atoms with Crippen LogP contribution in [0.25, 0.3) is 0 Å². The van der Waals surface area contributed by atoms with Gasteiger partial charge in [0, 0.05) is 0 Å². The molecule has 0 aliphatic carbocycles. The number of hydrogen-bond donors (Lipinski definition) is 2. The Labute approximate surface area is 79.5 Å². The largest absolute Gasteiger partial charge is 0.342 e. The molecule has 1 aromatic heterocycles. The van der Waals surface area contributed by atoms with Gasteiger partial charge in [-0.15, -0.1) is 0 Å². The maximum atomic E-state index is 12.5. The van der Waals surface area contributed by atoms with Crippen molar-refractivity contribution in [3.05, 3.63) is 15.3 Å². The van der Waals surface area contributed by atoms with E-state index in [0.29, 0.717) is 4.57 Å². The van der Waals surface area contributed by atoms with E-state index in [0.717, 1.165) is 0 Å². The van der Waals surface area contributed by atoms with Crippen LogP contribution in [0.3, 0.4) is 0 Å². The molecule has 0 atom stereocenters. The van der Waals surface area contributed by atoms with Crippen LogP contribution in [0.15, 0.2) is 4.79 Å². The minimum atomic E-state index is -4.27. The maximum Gasteiger partial charge on any atom is 0.342 e. The molecule has 0 amide bonds. The van der Waals surface area contributed by atoms with Gasteiger partial charge in [0.25, 0.3) is 0 Å². The van der Waals surface area contributed by atoms with Crippen molar-refractivity contribution in [3.8, 4) is 0 Å². The Hall–Kier alpha value is -1.12. The molecule has 1 aromatic rings. The minimum absolute atomic E-state index is 0.335. The van der Waals surface area contributed by atoms with Gasteiger partial charge in [-0.25, -0.2) is 18.7 Å². The number of aromatic nitrogens is 3. The lowest BCUT2D eigenvalue weighted by atomic mass is 10.3. The predicted octanol–water partition coefficient (Wildman–Crippen LogP) is 1.13. The minimum Gasteiger partial charge on any atom is -0.272 e. The van der Waals surface area contributed by atoms with Crippen molar-refractivity contribution in [2.75, 3.05) is 0 Å². The molecule has 0 aliphatic rings. The summed E-state index contributed by atoms with van der Waals surface area (Å²) in [6.45, 7) is -1.44. The predicted molar refractivity (Wildman–Crippen MR) is 41.2 cm³/mol. The van der Waals surface area contributed by atoms with Gasteiger partial charge in [0.1, 0.15) is 0 Å². The Balaban J connectivity index is 3.00. The highest BCUT2D eigenvalue weighted by atomic mass is 32.1. The van der Waals surface area contributed by atoms with Gasteiger partial charge >= 0.3 is 18.0 Å². The molecule has 1 heterocycles. The molecule has 9 heteroatoms. The van der Waals surface area contributed by atoms with Crippen molar-refractivity contribution in [2.45, 2.75) is 18.9 Å². The molecule has 2 N–H and O–H groups in total. The summed E-state index contributed by atoms with van der Waals surface area (Å²) in [5, 5.41) is 3.96. The number of aromatic amines is 2. The molecule has 0 spiro atoms. The average Bonchev–Trinajstić information content (AvgIpc) is 2.35. The Kier molecular flexibility index (Phi) is 2.79. The highest BCUT2D eigenvalue weighted by molar-refractivity contribution is 7.71. The van der Waals surface area contributed by atoms with Gasteiger partial charge in [0.15, 0.2) is 4.77 Å². The average molecular weight is 231 g/mol. The molecule has 4 nitrogen and oxygen atoms in total. The molecule has 80 valence electrons. The van der Waals surface area contributed by atoms with Crippen LogP contribution in [-0.4, -0.2) is 27.1 Å². The molecule has 0 saturated heterocycles. The fourth-order valence-corrected chi connectivity index (χ4v) is 0.956. The molecule has 1 rings (SSSR count). The molecule has 0 radical (unpaired) electrons. The summed E-state index contributed by atoms with van der Waals surface area (Å²) in [4.78, 5) is 10.8. The first-order valence-corrected chi connectivity index (χ1v) is 3.79. The molecule has 0 unspecified atom stereocenters. The molecule has 0 fully saturated rings. The summed E-state index contributed by atoms with van der Waals surface area (Å²) in [6, 6.07) is 0. The first kappa shape index (κ1) is 11.0. The van der Waals surface area contributed by atoms with Crippen molar-refractivity contribution < 1.29 is 17.6 Å². The van der Waals surface area contributed by atoms with Gasteiger partial charge in [0.05, 0.1) is 6.54 Å². The Morgan fingerprint density at radius 3 is 2.36 bits per heavy atom. The van der Waals surface area contributed by atoms with Crippen molar-refractivity contribution in [1.82, 2.24) is 14.8 Å². The maximum absolute atomic E-state index is 12.5. The molecule has 0 aliphatic heterocycles. The summed E-state index contributed by atoms with van der Waals surface area (Å²) >= 11 is 4.43. The van der Waals surface area contributed by atoms with E-state index in [9.17, 15) is 22.4 Å². The highest BCUT2D eigenvalue weighted by Crippen LogP contribution is 2.24. The summed E-state index contributed by atoms with van der Waals surface area (Å²) in [6.07, 6.45) is -3.83. The van der Waals surface area contributed by atoms with E-state index in [2.05, 4.69) is 17.3 Å². The van der Waals surface area contributed by atoms with E-state index in [-0.39, 0.29) is 4.77 Å². The normalized spacial score (nSPS) is 12.4. The Morgan fingerprint density at radius 2 is 2.00 bits per heavy atom. The van der Waals surface area contributed by atoms with Gasteiger partial charge in [-0.05, 0) is 12.2 Å². The van der Waals surface area contributed by atoms with Crippen LogP contribution in [0.5, 0.6) is 0 Å². The van der Waals surface area contributed by atoms with Crippen molar-refractivity contribution in [1.29, 1.82) is 0 Å². The van der Waals surface area contributed by atoms with Gasteiger partial charge < -0.3 is 0 Å². The van der Waals surface area contributed by atoms with Crippen LogP contribution in [-0.2, 0) is 6.54 Å². The zero-order valence-corrected chi connectivity index (χ0v) is 7.38. The molecule has 0 bridgehead atoms. The SMILES string of the molecule is O=c1[nH][nH]c(=S)n1CC(F)(F)C(F)F. The molecule has 0 saturated carbocycles. The van der Waals surface area contributed by atoms with Gasteiger partial charge in [-0.1, -0.05) is 0 Å². The molecule has 0 aromatic carbocycles. The third-order valence-electron chi connectivity index (χ3n) is 1.45. The van der Waals surface area contributed by atoms with Crippen LogP contribution in [0, 0.1) is 4.77 Å². The smallest absolute Gasteiger partial charge is 0.272 e. The summed E-state index contributed by atoms with van der Waals surface area (Å²) in [5.41, 5.74) is -0.977. The Morgan fingerprint density at radius 1 is 1.43 bits per heavy atom. The summed E-state index contributed by atoms with van der Waals surface area (Å²) < 4.78 is 48.5. The van der Waals surface area contributed by atoms with Gasteiger partial charge in [0.2, 0.25) is 0 Å². The van der Waals surface area contributed by atoms with Crippen LogP contribution in [0.4, 0.5) is 17.6 Å². The lowest BCUT2D eigenvalue weighted by Gasteiger charge is -2.14. The van der Waals surface area contributed by atoms with Crippen LogP contribution < -0.4 is 5.69 Å². The second-order valence-electron chi connectivity index (χ2n) is 2.51. The standard InChI is InChI=1S/C5H5F4N3OS/c6-2(7)5(8,9)1-12-3(13)10-11-4(12)14/h2H,1H2,(H,10,13)(H,11,14). The quantitative estimate of drug-likeness (QED) is 0.605. The van der Waals surface area contributed by atoms with Crippen LogP contribution in [0.2, 0.25) is 0 Å². The lowest BCUT2D eigenvalue weighted by Crippen LogP contribution is -2.35. The number of halogens is 4. The highest BCUT2D eigenvalue weighted by Gasteiger charge is 2.41. The topological polar surface area (TPSA) is 53.6 Å². The van der Waals surface area contributed by atoms with Crippen LogP contribution >= 0.6 is 12.2 Å². The zero-order chi connectivity index (χ0) is 10.9. The van der Waals surface area contributed by atoms with Crippen molar-refractivity contribution in [2.24, 2.45) is 0 Å². The van der Waals surface area contributed by atoms with Gasteiger partial charge in [-0.3, -0.25) is 9.67 Å². The number of nitrogens with zero attached hydrogens (tertiary/aromatic N) is 1. The number of nitrogens with one attached hydrogen (secondary N) is 2. The zero-order valence-electron chi connectivity index (χ0n) is 6.56. The van der Waals surface area contributed by atoms with E-state index in [4.69, 9.17) is 0 Å². The van der Waals surface area contributed by atoms with E-state index < -0.39 is 24.6 Å². The fourth-order valence-electron chi connectivity index (χ4n) is 0.758. The number of alkyl halides is 4. The second kappa shape index (κ2) is 3.56. The molecular weight excluding hydrogens is 226 g/mol. The van der Waals surface area contributed by atoms with Gasteiger partial charge in [-0.2, -0.15) is 8.78 Å². The first-order valence-electron chi connectivity index (χ1n) is 3.38. The summed E-state index contributed by atoms with van der Waals surface area (Å²) in [5.74, 6) is -4.27. The first-order chi connectivity index (χ1) is 6.34. The van der Waals surface area contributed by atoms with Crippen molar-refractivity contribution in [3.63, 3.8) is 0 Å². The lowest BCUT2D eigenvalue weighted by molar-refractivity contribution is -0.138. The number of H-pyrrole nitrogens is 2. The van der Waals surface area contributed by atoms with E-state index in [1.165, 1.54) is 0 Å². The summed E-state index contributed by atoms with van der Waals surface area (Å²) in [7, 11) is 0. The van der Waals surface area contributed by atoms with E-state index in [1.807, 2.05) is 5.10 Å².